The molecule has 4 nitrogen and oxygen atoms in total. The quantitative estimate of drug-likeness (QED) is 0.750. The Morgan fingerprint density at radius 2 is 2.31 bits per heavy atom. The lowest BCUT2D eigenvalue weighted by molar-refractivity contribution is 0.0500. The third-order valence-corrected chi connectivity index (χ3v) is 3.71. The summed E-state index contributed by atoms with van der Waals surface area (Å²) >= 11 is 0. The first-order valence-corrected chi connectivity index (χ1v) is 6.02. The number of hydrogen-bond donors (Lipinski definition) is 1. The summed E-state index contributed by atoms with van der Waals surface area (Å²) in [5.41, 5.74) is 0. The van der Waals surface area contributed by atoms with Crippen LogP contribution in [0, 0.1) is 0 Å². The van der Waals surface area contributed by atoms with Gasteiger partial charge < -0.3 is 14.6 Å². The van der Waals surface area contributed by atoms with Crippen molar-refractivity contribution in [3.8, 4) is 0 Å². The standard InChI is InChI=1S/C12H19N3O/c1-14-4-5-15-9-11(12-3-2-6-16-12)13-7-10(15)8-14/h2-3,6,10-11,13H,4-5,7-9H2,1H3. The van der Waals surface area contributed by atoms with E-state index in [2.05, 4.69) is 28.2 Å². The molecule has 88 valence electrons. The van der Waals surface area contributed by atoms with E-state index in [1.54, 1.807) is 6.26 Å². The van der Waals surface area contributed by atoms with Gasteiger partial charge in [0.1, 0.15) is 5.76 Å². The highest BCUT2D eigenvalue weighted by Gasteiger charge is 2.32. The van der Waals surface area contributed by atoms with Gasteiger partial charge in [-0.05, 0) is 19.2 Å². The van der Waals surface area contributed by atoms with Crippen molar-refractivity contribution in [3.63, 3.8) is 0 Å². The topological polar surface area (TPSA) is 31.6 Å². The lowest BCUT2D eigenvalue weighted by atomic mass is 10.0. The minimum Gasteiger partial charge on any atom is -0.468 e. The van der Waals surface area contributed by atoms with Crippen molar-refractivity contribution in [1.82, 2.24) is 15.1 Å². The molecule has 2 aliphatic rings. The molecule has 16 heavy (non-hydrogen) atoms. The molecule has 4 heteroatoms. The monoisotopic (exact) mass is 221 g/mol. The fourth-order valence-corrected chi connectivity index (χ4v) is 2.74. The summed E-state index contributed by atoms with van der Waals surface area (Å²) in [7, 11) is 2.20. The fraction of sp³-hybridized carbons (Fsp3) is 0.667. The SMILES string of the molecule is CN1CCN2CC(c3ccco3)NCC2C1. The van der Waals surface area contributed by atoms with Crippen LogP contribution in [0.2, 0.25) is 0 Å². The van der Waals surface area contributed by atoms with Gasteiger partial charge in [0.05, 0.1) is 12.3 Å². The Kier molecular flexibility index (Phi) is 2.71. The summed E-state index contributed by atoms with van der Waals surface area (Å²) in [6, 6.07) is 5.07. The molecular weight excluding hydrogens is 202 g/mol. The molecule has 2 unspecified atom stereocenters. The summed E-state index contributed by atoms with van der Waals surface area (Å²) in [6.07, 6.45) is 1.76. The van der Waals surface area contributed by atoms with E-state index in [-0.39, 0.29) is 0 Å². The number of fused-ring (bicyclic) bond motifs is 1. The predicted molar refractivity (Wildman–Crippen MR) is 62.3 cm³/mol. The van der Waals surface area contributed by atoms with E-state index >= 15 is 0 Å². The van der Waals surface area contributed by atoms with Crippen LogP contribution in [0.3, 0.4) is 0 Å². The Morgan fingerprint density at radius 3 is 3.12 bits per heavy atom. The van der Waals surface area contributed by atoms with Crippen molar-refractivity contribution >= 4 is 0 Å². The van der Waals surface area contributed by atoms with Gasteiger partial charge in [0.15, 0.2) is 0 Å². The second kappa shape index (κ2) is 4.20. The highest BCUT2D eigenvalue weighted by molar-refractivity contribution is 5.07. The van der Waals surface area contributed by atoms with Crippen LogP contribution in [-0.4, -0.2) is 55.6 Å². The average Bonchev–Trinajstić information content (AvgIpc) is 2.82. The van der Waals surface area contributed by atoms with Crippen molar-refractivity contribution < 1.29 is 4.42 Å². The molecule has 0 aliphatic carbocycles. The molecule has 0 radical (unpaired) electrons. The van der Waals surface area contributed by atoms with Gasteiger partial charge in [-0.15, -0.1) is 0 Å². The predicted octanol–water partition coefficient (Wildman–Crippen LogP) is 0.540. The van der Waals surface area contributed by atoms with Crippen LogP contribution >= 0.6 is 0 Å². The second-order valence-corrected chi connectivity index (χ2v) is 4.89. The largest absolute Gasteiger partial charge is 0.468 e. The zero-order valence-electron chi connectivity index (χ0n) is 9.72. The van der Waals surface area contributed by atoms with Gasteiger partial charge in [-0.2, -0.15) is 0 Å². The van der Waals surface area contributed by atoms with Crippen molar-refractivity contribution in [2.75, 3.05) is 39.8 Å². The molecule has 1 aromatic rings. The third kappa shape index (κ3) is 1.88. The highest BCUT2D eigenvalue weighted by atomic mass is 16.3. The fourth-order valence-electron chi connectivity index (χ4n) is 2.74. The van der Waals surface area contributed by atoms with Gasteiger partial charge in [0, 0.05) is 38.8 Å². The van der Waals surface area contributed by atoms with E-state index in [1.165, 1.54) is 19.6 Å². The number of hydrogen-bond acceptors (Lipinski definition) is 4. The Morgan fingerprint density at radius 1 is 1.38 bits per heavy atom. The van der Waals surface area contributed by atoms with Crippen LogP contribution in [0.15, 0.2) is 22.8 Å². The molecule has 2 atom stereocenters. The maximum atomic E-state index is 5.47. The Labute approximate surface area is 96.2 Å². The van der Waals surface area contributed by atoms with E-state index in [4.69, 9.17) is 4.42 Å². The van der Waals surface area contributed by atoms with Gasteiger partial charge in [-0.25, -0.2) is 0 Å². The number of rotatable bonds is 1. The molecule has 0 saturated carbocycles. The van der Waals surface area contributed by atoms with Gasteiger partial charge in [-0.1, -0.05) is 0 Å². The zero-order chi connectivity index (χ0) is 11.0. The maximum Gasteiger partial charge on any atom is 0.121 e. The first-order valence-electron chi connectivity index (χ1n) is 6.02. The molecule has 1 aromatic heterocycles. The molecule has 2 fully saturated rings. The lowest BCUT2D eigenvalue weighted by Gasteiger charge is -2.45. The second-order valence-electron chi connectivity index (χ2n) is 4.89. The van der Waals surface area contributed by atoms with Gasteiger partial charge in [0.2, 0.25) is 0 Å². The Balaban J connectivity index is 1.67. The van der Waals surface area contributed by atoms with Crippen molar-refractivity contribution in [3.05, 3.63) is 24.2 Å². The summed E-state index contributed by atoms with van der Waals surface area (Å²) < 4.78 is 5.47. The van der Waals surface area contributed by atoms with Crippen LogP contribution in [-0.2, 0) is 0 Å². The van der Waals surface area contributed by atoms with Crippen LogP contribution in [0.4, 0.5) is 0 Å². The van der Waals surface area contributed by atoms with Gasteiger partial charge >= 0.3 is 0 Å². The first kappa shape index (κ1) is 10.3. The van der Waals surface area contributed by atoms with Crippen molar-refractivity contribution in [1.29, 1.82) is 0 Å². The summed E-state index contributed by atoms with van der Waals surface area (Å²) in [5.74, 6) is 1.07. The van der Waals surface area contributed by atoms with E-state index in [9.17, 15) is 0 Å². The van der Waals surface area contributed by atoms with Gasteiger partial charge in [0.25, 0.3) is 0 Å². The Bertz CT molecular complexity index is 338. The zero-order valence-corrected chi connectivity index (χ0v) is 9.72. The normalized spacial score (nSPS) is 32.6. The number of piperazine rings is 2. The van der Waals surface area contributed by atoms with Gasteiger partial charge in [-0.3, -0.25) is 4.90 Å². The van der Waals surface area contributed by atoms with E-state index in [1.807, 2.05) is 6.07 Å². The maximum absolute atomic E-state index is 5.47. The van der Waals surface area contributed by atoms with E-state index in [0.717, 1.165) is 18.8 Å². The summed E-state index contributed by atoms with van der Waals surface area (Å²) in [4.78, 5) is 5.00. The molecule has 2 aliphatic heterocycles. The molecule has 0 aromatic carbocycles. The lowest BCUT2D eigenvalue weighted by Crippen LogP contribution is -2.61. The van der Waals surface area contributed by atoms with Crippen LogP contribution < -0.4 is 5.32 Å². The smallest absolute Gasteiger partial charge is 0.121 e. The first-order chi connectivity index (χ1) is 7.83. The van der Waals surface area contributed by atoms with Crippen LogP contribution in [0.25, 0.3) is 0 Å². The molecule has 2 saturated heterocycles. The minimum absolute atomic E-state index is 0.370. The molecule has 3 heterocycles. The van der Waals surface area contributed by atoms with Crippen LogP contribution in [0.1, 0.15) is 11.8 Å². The van der Waals surface area contributed by atoms with Crippen molar-refractivity contribution in [2.24, 2.45) is 0 Å². The molecule has 0 amide bonds. The number of nitrogens with one attached hydrogen (secondary N) is 1. The molecule has 0 spiro atoms. The van der Waals surface area contributed by atoms with E-state index < -0.39 is 0 Å². The molecule has 0 bridgehead atoms. The van der Waals surface area contributed by atoms with Crippen molar-refractivity contribution in [2.45, 2.75) is 12.1 Å². The average molecular weight is 221 g/mol. The Hall–Kier alpha value is -0.840. The third-order valence-electron chi connectivity index (χ3n) is 3.71. The summed E-state index contributed by atoms with van der Waals surface area (Å²) in [5, 5.41) is 3.58. The number of furan rings is 1. The summed E-state index contributed by atoms with van der Waals surface area (Å²) in [6.45, 7) is 5.68. The minimum atomic E-state index is 0.370. The molecular formula is C12H19N3O. The number of likely N-dealkylation sites (N-methyl/N-ethyl adjacent to an activating group) is 1. The molecule has 1 N–H and O–H groups in total. The number of nitrogens with zero attached hydrogens (tertiary/aromatic N) is 2. The molecule has 3 rings (SSSR count). The van der Waals surface area contributed by atoms with Crippen LogP contribution in [0.5, 0.6) is 0 Å². The highest BCUT2D eigenvalue weighted by Crippen LogP contribution is 2.22. The van der Waals surface area contributed by atoms with E-state index in [0.29, 0.717) is 12.1 Å².